The molecule has 1 aromatic rings. The van der Waals surface area contributed by atoms with Crippen LogP contribution in [-0.4, -0.2) is 55.2 Å². The van der Waals surface area contributed by atoms with Gasteiger partial charge in [0.15, 0.2) is 5.96 Å². The SMILES string of the molecule is CCc1nc(CNC(=NC)NC2CCN(C(=O)OC)CC2)cs1.I. The number of aromatic nitrogens is 1. The van der Waals surface area contributed by atoms with Crippen LogP contribution in [0.1, 0.15) is 30.5 Å². The van der Waals surface area contributed by atoms with Crippen molar-refractivity contribution in [1.29, 1.82) is 0 Å². The van der Waals surface area contributed by atoms with Gasteiger partial charge in [0, 0.05) is 31.6 Å². The molecule has 0 spiro atoms. The van der Waals surface area contributed by atoms with Crippen molar-refractivity contribution in [3.63, 3.8) is 0 Å². The van der Waals surface area contributed by atoms with Crippen LogP contribution in [0.25, 0.3) is 0 Å². The minimum atomic E-state index is -0.249. The molecule has 0 bridgehead atoms. The third-order valence-corrected chi connectivity index (χ3v) is 4.87. The van der Waals surface area contributed by atoms with Crippen LogP contribution in [-0.2, 0) is 17.7 Å². The summed E-state index contributed by atoms with van der Waals surface area (Å²) in [5.74, 6) is 0.771. The van der Waals surface area contributed by atoms with Gasteiger partial charge >= 0.3 is 6.09 Å². The minimum absolute atomic E-state index is 0. The van der Waals surface area contributed by atoms with Crippen LogP contribution in [0.5, 0.6) is 0 Å². The van der Waals surface area contributed by atoms with Gasteiger partial charge in [-0.1, -0.05) is 6.92 Å². The normalized spacial score (nSPS) is 15.6. The first-order chi connectivity index (χ1) is 11.2. The Balaban J connectivity index is 0.00000288. The number of halogens is 1. The molecule has 0 saturated carbocycles. The molecule has 1 saturated heterocycles. The molecular formula is C15H26IN5O2S. The summed E-state index contributed by atoms with van der Waals surface area (Å²) in [5, 5.41) is 9.93. The third kappa shape index (κ3) is 6.08. The number of carbonyl (C=O) groups excluding carboxylic acids is 1. The maximum Gasteiger partial charge on any atom is 0.409 e. The Hall–Kier alpha value is -1.10. The Morgan fingerprint density at radius 1 is 1.50 bits per heavy atom. The topological polar surface area (TPSA) is 78.9 Å². The highest BCUT2D eigenvalue weighted by atomic mass is 127. The summed E-state index contributed by atoms with van der Waals surface area (Å²) >= 11 is 1.69. The number of hydrogen-bond donors (Lipinski definition) is 2. The van der Waals surface area contributed by atoms with Crippen LogP contribution in [0.15, 0.2) is 10.4 Å². The number of carbonyl (C=O) groups is 1. The van der Waals surface area contributed by atoms with Crippen LogP contribution in [0, 0.1) is 0 Å². The first-order valence-corrected chi connectivity index (χ1v) is 8.77. The second kappa shape index (κ2) is 10.7. The van der Waals surface area contributed by atoms with Crippen LogP contribution in [0.3, 0.4) is 0 Å². The zero-order valence-electron chi connectivity index (χ0n) is 14.4. The highest BCUT2D eigenvalue weighted by Gasteiger charge is 2.23. The summed E-state index contributed by atoms with van der Waals surface area (Å²) in [6.45, 7) is 4.18. The molecule has 2 heterocycles. The van der Waals surface area contributed by atoms with E-state index in [0.29, 0.717) is 25.7 Å². The number of nitrogens with one attached hydrogen (secondary N) is 2. The highest BCUT2D eigenvalue weighted by Crippen LogP contribution is 2.12. The smallest absolute Gasteiger partial charge is 0.409 e. The van der Waals surface area contributed by atoms with Crippen molar-refractivity contribution in [2.75, 3.05) is 27.2 Å². The molecule has 1 aliphatic rings. The number of aliphatic imine (C=N–C) groups is 1. The van der Waals surface area contributed by atoms with Gasteiger partial charge in [-0.25, -0.2) is 9.78 Å². The number of ether oxygens (including phenoxy) is 1. The predicted octanol–water partition coefficient (Wildman–Crippen LogP) is 2.22. The Bertz CT molecular complexity index is 544. The van der Waals surface area contributed by atoms with Crippen molar-refractivity contribution in [2.45, 2.75) is 38.8 Å². The Morgan fingerprint density at radius 3 is 2.75 bits per heavy atom. The molecule has 1 fully saturated rings. The number of methoxy groups -OCH3 is 1. The second-order valence-electron chi connectivity index (χ2n) is 5.39. The average molecular weight is 467 g/mol. The molecule has 0 atom stereocenters. The molecule has 24 heavy (non-hydrogen) atoms. The number of likely N-dealkylation sites (tertiary alicyclic amines) is 1. The number of amides is 1. The van der Waals surface area contributed by atoms with Crippen LogP contribution in [0.2, 0.25) is 0 Å². The van der Waals surface area contributed by atoms with Gasteiger partial charge < -0.3 is 20.3 Å². The third-order valence-electron chi connectivity index (χ3n) is 3.83. The highest BCUT2D eigenvalue weighted by molar-refractivity contribution is 14.0. The van der Waals surface area contributed by atoms with Crippen LogP contribution < -0.4 is 10.6 Å². The zero-order valence-corrected chi connectivity index (χ0v) is 17.5. The Kier molecular flexibility index (Phi) is 9.34. The molecule has 2 rings (SSSR count). The number of aryl methyl sites for hydroxylation is 1. The van der Waals surface area contributed by atoms with Gasteiger partial charge in [-0.3, -0.25) is 4.99 Å². The van der Waals surface area contributed by atoms with Crippen molar-refractivity contribution in [1.82, 2.24) is 20.5 Å². The largest absolute Gasteiger partial charge is 0.453 e. The number of thiazole rings is 1. The van der Waals surface area contributed by atoms with E-state index in [1.54, 1.807) is 23.3 Å². The van der Waals surface area contributed by atoms with E-state index in [-0.39, 0.29) is 30.1 Å². The number of piperidine rings is 1. The summed E-state index contributed by atoms with van der Waals surface area (Å²) in [4.78, 5) is 22.0. The van der Waals surface area contributed by atoms with E-state index in [9.17, 15) is 4.79 Å². The molecule has 2 N–H and O–H groups in total. The van der Waals surface area contributed by atoms with E-state index < -0.39 is 0 Å². The summed E-state index contributed by atoms with van der Waals surface area (Å²) in [6.07, 6.45) is 2.48. The lowest BCUT2D eigenvalue weighted by molar-refractivity contribution is 0.111. The van der Waals surface area contributed by atoms with Gasteiger partial charge in [0.25, 0.3) is 0 Å². The number of guanidine groups is 1. The fourth-order valence-corrected chi connectivity index (χ4v) is 3.24. The lowest BCUT2D eigenvalue weighted by Gasteiger charge is -2.32. The van der Waals surface area contributed by atoms with E-state index in [1.807, 2.05) is 0 Å². The van der Waals surface area contributed by atoms with Crippen molar-refractivity contribution >= 4 is 47.4 Å². The van der Waals surface area contributed by atoms with Crippen molar-refractivity contribution in [3.05, 3.63) is 16.1 Å². The van der Waals surface area contributed by atoms with Crippen molar-refractivity contribution in [2.24, 2.45) is 4.99 Å². The quantitative estimate of drug-likeness (QED) is 0.404. The fraction of sp³-hybridized carbons (Fsp3) is 0.667. The fourth-order valence-electron chi connectivity index (χ4n) is 2.49. The van der Waals surface area contributed by atoms with Gasteiger partial charge in [0.05, 0.1) is 24.4 Å². The van der Waals surface area contributed by atoms with Gasteiger partial charge in [-0.2, -0.15) is 0 Å². The van der Waals surface area contributed by atoms with Crippen molar-refractivity contribution < 1.29 is 9.53 Å². The zero-order chi connectivity index (χ0) is 16.7. The van der Waals surface area contributed by atoms with E-state index in [2.05, 4.69) is 32.9 Å². The van der Waals surface area contributed by atoms with Gasteiger partial charge in [0.1, 0.15) is 0 Å². The predicted molar refractivity (Wildman–Crippen MR) is 107 cm³/mol. The number of nitrogens with zero attached hydrogens (tertiary/aromatic N) is 3. The standard InChI is InChI=1S/C15H25N5O2S.HI/c1-4-13-18-12(10-23-13)9-17-14(16-2)19-11-5-7-20(8-6-11)15(21)22-3;/h10-11H,4-9H2,1-3H3,(H2,16,17,19);1H. The molecule has 1 aliphatic heterocycles. The van der Waals surface area contributed by atoms with Crippen LogP contribution >= 0.6 is 35.3 Å². The Morgan fingerprint density at radius 2 is 2.21 bits per heavy atom. The molecule has 1 amide bonds. The van der Waals surface area contributed by atoms with Gasteiger partial charge in [-0.05, 0) is 19.3 Å². The van der Waals surface area contributed by atoms with E-state index >= 15 is 0 Å². The minimum Gasteiger partial charge on any atom is -0.453 e. The maximum absolute atomic E-state index is 11.5. The van der Waals surface area contributed by atoms with Crippen LogP contribution in [0.4, 0.5) is 4.79 Å². The number of hydrogen-bond acceptors (Lipinski definition) is 5. The molecule has 9 heteroatoms. The molecule has 0 aliphatic carbocycles. The second-order valence-corrected chi connectivity index (χ2v) is 6.33. The molecule has 0 unspecified atom stereocenters. The summed E-state index contributed by atoms with van der Waals surface area (Å²) in [5.41, 5.74) is 1.04. The summed E-state index contributed by atoms with van der Waals surface area (Å²) < 4.78 is 4.75. The lowest BCUT2D eigenvalue weighted by Crippen LogP contribution is -2.49. The lowest BCUT2D eigenvalue weighted by atomic mass is 10.1. The monoisotopic (exact) mass is 467 g/mol. The van der Waals surface area contributed by atoms with E-state index in [1.165, 1.54) is 7.11 Å². The van der Waals surface area contributed by atoms with Gasteiger partial charge in [-0.15, -0.1) is 35.3 Å². The summed E-state index contributed by atoms with van der Waals surface area (Å²) in [7, 11) is 3.18. The molecule has 7 nitrogen and oxygen atoms in total. The number of rotatable bonds is 4. The first kappa shape index (κ1) is 20.9. The molecule has 1 aromatic heterocycles. The molecule has 0 aromatic carbocycles. The summed E-state index contributed by atoms with van der Waals surface area (Å²) in [6, 6.07) is 0.309. The van der Waals surface area contributed by atoms with Crippen molar-refractivity contribution in [3.8, 4) is 0 Å². The maximum atomic E-state index is 11.5. The molecular weight excluding hydrogens is 441 g/mol. The van der Waals surface area contributed by atoms with E-state index in [4.69, 9.17) is 4.74 Å². The Labute approximate surface area is 164 Å². The average Bonchev–Trinajstić information content (AvgIpc) is 3.06. The van der Waals surface area contributed by atoms with Gasteiger partial charge in [0.2, 0.25) is 0 Å². The van der Waals surface area contributed by atoms with E-state index in [0.717, 1.165) is 35.9 Å². The molecule has 136 valence electrons. The molecule has 0 radical (unpaired) electrons. The first-order valence-electron chi connectivity index (χ1n) is 7.89.